The second-order valence-corrected chi connectivity index (χ2v) is 6.43. The second-order valence-electron chi connectivity index (χ2n) is 6.02. The lowest BCUT2D eigenvalue weighted by Gasteiger charge is -2.13. The van der Waals surface area contributed by atoms with E-state index in [1.165, 1.54) is 19.5 Å². The zero-order valence-corrected chi connectivity index (χ0v) is 17.4. The third kappa shape index (κ3) is 5.31. The molecule has 0 fully saturated rings. The summed E-state index contributed by atoms with van der Waals surface area (Å²) < 4.78 is 15.7. The maximum atomic E-state index is 12.2. The molecular weight excluding hydrogens is 424 g/mol. The molecule has 1 aromatic heterocycles. The monoisotopic (exact) mass is 442 g/mol. The molecule has 2 aromatic carbocycles. The minimum absolute atomic E-state index is 0.0355. The van der Waals surface area contributed by atoms with E-state index in [1.807, 2.05) is 0 Å². The molecule has 31 heavy (non-hydrogen) atoms. The number of rotatable bonds is 6. The van der Waals surface area contributed by atoms with Gasteiger partial charge in [0.05, 0.1) is 24.9 Å². The Bertz CT molecular complexity index is 1110. The Morgan fingerprint density at radius 3 is 2.42 bits per heavy atom. The standard InChI is InChI=1S/C20H19ClN6O4/c1-29-12-5-3-11(4-6-12)26-20(28)27-15-8-7-13(9-14(15)21)31-19-16(18(23)30-2)17(22)24-10-25-19/h3-10,23H,1-2H3,(H2,22,24,25)(H2,26,27,28). The van der Waals surface area contributed by atoms with Gasteiger partial charge in [-0.1, -0.05) is 11.6 Å². The molecule has 0 saturated heterocycles. The molecule has 160 valence electrons. The van der Waals surface area contributed by atoms with Crippen molar-refractivity contribution in [1.29, 1.82) is 5.41 Å². The van der Waals surface area contributed by atoms with Gasteiger partial charge in [0.15, 0.2) is 0 Å². The molecule has 11 heteroatoms. The molecule has 0 aliphatic heterocycles. The maximum absolute atomic E-state index is 12.2. The lowest BCUT2D eigenvalue weighted by Crippen LogP contribution is -2.19. The van der Waals surface area contributed by atoms with Crippen molar-refractivity contribution >= 4 is 40.7 Å². The number of nitrogens with zero attached hydrogens (tertiary/aromatic N) is 2. The summed E-state index contributed by atoms with van der Waals surface area (Å²) in [5.74, 6) is 0.825. The molecule has 3 aromatic rings. The van der Waals surface area contributed by atoms with Crippen LogP contribution < -0.4 is 25.8 Å². The van der Waals surface area contributed by atoms with Crippen molar-refractivity contribution < 1.29 is 19.0 Å². The smallest absolute Gasteiger partial charge is 0.323 e. The number of hydrogen-bond acceptors (Lipinski definition) is 8. The minimum Gasteiger partial charge on any atom is -0.497 e. The van der Waals surface area contributed by atoms with Gasteiger partial charge in [-0.05, 0) is 36.4 Å². The first kappa shape index (κ1) is 21.7. The molecule has 0 radical (unpaired) electrons. The molecule has 3 rings (SSSR count). The highest BCUT2D eigenvalue weighted by Gasteiger charge is 2.18. The fraction of sp³-hybridized carbons (Fsp3) is 0.100. The fourth-order valence-corrected chi connectivity index (χ4v) is 2.72. The quantitative estimate of drug-likeness (QED) is 0.331. The number of nitrogens with two attached hydrogens (primary N) is 1. The van der Waals surface area contributed by atoms with Crippen LogP contribution in [-0.2, 0) is 4.74 Å². The summed E-state index contributed by atoms with van der Waals surface area (Å²) in [6.45, 7) is 0. The van der Waals surface area contributed by atoms with E-state index in [9.17, 15) is 4.79 Å². The van der Waals surface area contributed by atoms with E-state index in [1.54, 1.807) is 43.5 Å². The van der Waals surface area contributed by atoms with Crippen LogP contribution in [0.1, 0.15) is 5.56 Å². The maximum Gasteiger partial charge on any atom is 0.323 e. The molecule has 0 aliphatic rings. The van der Waals surface area contributed by atoms with Gasteiger partial charge in [-0.25, -0.2) is 14.8 Å². The van der Waals surface area contributed by atoms with Crippen LogP contribution in [-0.4, -0.2) is 36.1 Å². The second kappa shape index (κ2) is 9.63. The Morgan fingerprint density at radius 2 is 1.77 bits per heavy atom. The van der Waals surface area contributed by atoms with Crippen molar-refractivity contribution in [2.24, 2.45) is 0 Å². The number of hydrogen-bond donors (Lipinski definition) is 4. The third-order valence-electron chi connectivity index (χ3n) is 4.02. The van der Waals surface area contributed by atoms with Crippen LogP contribution in [0.25, 0.3) is 0 Å². The van der Waals surface area contributed by atoms with Gasteiger partial charge in [0.2, 0.25) is 11.8 Å². The van der Waals surface area contributed by atoms with E-state index in [0.29, 0.717) is 22.9 Å². The number of carbonyl (C=O) groups excluding carboxylic acids is 1. The number of benzene rings is 2. The van der Waals surface area contributed by atoms with Crippen LogP contribution in [0.15, 0.2) is 48.8 Å². The number of methoxy groups -OCH3 is 2. The average Bonchev–Trinajstić information content (AvgIpc) is 2.76. The first-order chi connectivity index (χ1) is 14.9. The molecule has 0 saturated carbocycles. The van der Waals surface area contributed by atoms with Gasteiger partial charge in [-0.3, -0.25) is 5.41 Å². The van der Waals surface area contributed by atoms with Crippen molar-refractivity contribution in [3.05, 3.63) is 59.4 Å². The largest absolute Gasteiger partial charge is 0.497 e. The van der Waals surface area contributed by atoms with Gasteiger partial charge in [0, 0.05) is 11.8 Å². The van der Waals surface area contributed by atoms with Crippen molar-refractivity contribution in [2.45, 2.75) is 0 Å². The molecule has 2 amide bonds. The number of ether oxygens (including phenoxy) is 3. The van der Waals surface area contributed by atoms with Gasteiger partial charge in [-0.2, -0.15) is 0 Å². The number of nitrogens with one attached hydrogen (secondary N) is 3. The van der Waals surface area contributed by atoms with Crippen LogP contribution >= 0.6 is 11.6 Å². The van der Waals surface area contributed by atoms with Gasteiger partial charge in [-0.15, -0.1) is 0 Å². The zero-order chi connectivity index (χ0) is 22.4. The average molecular weight is 443 g/mol. The number of anilines is 3. The molecule has 1 heterocycles. The zero-order valence-electron chi connectivity index (χ0n) is 16.6. The predicted molar refractivity (Wildman–Crippen MR) is 117 cm³/mol. The Balaban J connectivity index is 1.71. The first-order valence-electron chi connectivity index (χ1n) is 8.84. The van der Waals surface area contributed by atoms with Crippen LogP contribution in [0, 0.1) is 5.41 Å². The Kier molecular flexibility index (Phi) is 6.73. The molecule has 0 unspecified atom stereocenters. The van der Waals surface area contributed by atoms with Crippen LogP contribution in [0.2, 0.25) is 5.02 Å². The van der Waals surface area contributed by atoms with E-state index in [0.717, 1.165) is 0 Å². The number of nitrogen functional groups attached to an aromatic ring is 1. The molecule has 5 N–H and O–H groups in total. The number of aromatic nitrogens is 2. The van der Waals surface area contributed by atoms with Crippen molar-refractivity contribution in [3.8, 4) is 17.4 Å². The number of urea groups is 1. The molecule has 0 aliphatic carbocycles. The normalized spacial score (nSPS) is 10.2. The van der Waals surface area contributed by atoms with Crippen molar-refractivity contribution in [3.63, 3.8) is 0 Å². The molecule has 10 nitrogen and oxygen atoms in total. The van der Waals surface area contributed by atoms with E-state index < -0.39 is 6.03 Å². The topological polar surface area (TPSA) is 144 Å². The Labute approximate surface area is 182 Å². The summed E-state index contributed by atoms with van der Waals surface area (Å²) >= 11 is 6.28. The summed E-state index contributed by atoms with van der Waals surface area (Å²) in [6.07, 6.45) is 1.21. The summed E-state index contributed by atoms with van der Waals surface area (Å²) in [7, 11) is 2.89. The summed E-state index contributed by atoms with van der Waals surface area (Å²) in [5.41, 5.74) is 6.87. The van der Waals surface area contributed by atoms with Gasteiger partial charge < -0.3 is 30.6 Å². The molecular formula is C20H19ClN6O4. The first-order valence-corrected chi connectivity index (χ1v) is 9.22. The molecule has 0 spiro atoms. The highest BCUT2D eigenvalue weighted by atomic mass is 35.5. The molecule has 0 atom stereocenters. The number of carbonyl (C=O) groups is 1. The lowest BCUT2D eigenvalue weighted by molar-refractivity contribution is 0.262. The van der Waals surface area contributed by atoms with Crippen molar-refractivity contribution in [1.82, 2.24) is 9.97 Å². The molecule has 0 bridgehead atoms. The number of halogens is 1. The van der Waals surface area contributed by atoms with E-state index >= 15 is 0 Å². The lowest BCUT2D eigenvalue weighted by atomic mass is 10.2. The van der Waals surface area contributed by atoms with Crippen LogP contribution in [0.4, 0.5) is 22.0 Å². The van der Waals surface area contributed by atoms with Crippen molar-refractivity contribution in [2.75, 3.05) is 30.6 Å². The third-order valence-corrected chi connectivity index (χ3v) is 4.34. The minimum atomic E-state index is -0.472. The Morgan fingerprint density at radius 1 is 1.06 bits per heavy atom. The SMILES string of the molecule is COC(=N)c1c(N)ncnc1Oc1ccc(NC(=O)Nc2ccc(OC)cc2)c(Cl)c1. The highest BCUT2D eigenvalue weighted by Crippen LogP contribution is 2.31. The summed E-state index contributed by atoms with van der Waals surface area (Å²) in [6, 6.07) is 11.0. The summed E-state index contributed by atoms with van der Waals surface area (Å²) in [5, 5.41) is 13.4. The highest BCUT2D eigenvalue weighted by molar-refractivity contribution is 6.34. The van der Waals surface area contributed by atoms with E-state index in [2.05, 4.69) is 20.6 Å². The van der Waals surface area contributed by atoms with Gasteiger partial charge in [0.1, 0.15) is 29.2 Å². The van der Waals surface area contributed by atoms with E-state index in [-0.39, 0.29) is 28.2 Å². The number of amides is 2. The van der Waals surface area contributed by atoms with Crippen LogP contribution in [0.5, 0.6) is 17.4 Å². The summed E-state index contributed by atoms with van der Waals surface area (Å²) in [4.78, 5) is 20.1. The Hall–Kier alpha value is -4.05. The van der Waals surface area contributed by atoms with E-state index in [4.69, 9.17) is 37.0 Å². The van der Waals surface area contributed by atoms with Gasteiger partial charge >= 0.3 is 6.03 Å². The van der Waals surface area contributed by atoms with Crippen LogP contribution in [0.3, 0.4) is 0 Å². The van der Waals surface area contributed by atoms with Gasteiger partial charge in [0.25, 0.3) is 0 Å². The predicted octanol–water partition coefficient (Wildman–Crippen LogP) is 4.13. The fourth-order valence-electron chi connectivity index (χ4n) is 2.51.